The molecule has 1 N–H and O–H groups in total. The summed E-state index contributed by atoms with van der Waals surface area (Å²) in [5, 5.41) is 10.2. The van der Waals surface area contributed by atoms with Gasteiger partial charge >= 0.3 is 6.03 Å². The Morgan fingerprint density at radius 1 is 1.30 bits per heavy atom. The Morgan fingerprint density at radius 3 is 2.65 bits per heavy atom. The lowest BCUT2D eigenvalue weighted by molar-refractivity contribution is -0.128. The van der Waals surface area contributed by atoms with E-state index in [0.29, 0.717) is 12.1 Å². The van der Waals surface area contributed by atoms with Crippen molar-refractivity contribution in [1.29, 1.82) is 0 Å². The summed E-state index contributed by atoms with van der Waals surface area (Å²) in [6.45, 7) is 0.659. The van der Waals surface area contributed by atoms with E-state index in [-0.39, 0.29) is 24.5 Å². The number of β-amino-alcohol motifs (C(OH)–C–C–N with tert-alkyl or cyclic N) is 1. The predicted octanol–water partition coefficient (Wildman–Crippen LogP) is 1.91. The minimum atomic E-state index is -0.851. The van der Waals surface area contributed by atoms with E-state index in [4.69, 9.17) is 0 Å². The van der Waals surface area contributed by atoms with Crippen molar-refractivity contribution in [1.82, 2.24) is 9.80 Å². The van der Waals surface area contributed by atoms with Crippen molar-refractivity contribution < 1.29 is 14.7 Å². The van der Waals surface area contributed by atoms with Gasteiger partial charge in [0.25, 0.3) is 5.91 Å². The van der Waals surface area contributed by atoms with Crippen molar-refractivity contribution in [3.8, 4) is 0 Å². The lowest BCUT2D eigenvalue weighted by Gasteiger charge is -2.19. The molecule has 0 spiro atoms. The molecule has 2 heterocycles. The molecular weight excluding hydrogens is 324 g/mol. The third-order valence-corrected chi connectivity index (χ3v) is 4.42. The van der Waals surface area contributed by atoms with E-state index in [1.54, 1.807) is 17.0 Å². The number of halogens is 1. The quantitative estimate of drug-likeness (QED) is 0.856. The van der Waals surface area contributed by atoms with E-state index in [1.807, 2.05) is 12.1 Å². The number of aliphatic hydroxyl groups excluding tert-OH is 1. The van der Waals surface area contributed by atoms with Crippen LogP contribution < -0.4 is 0 Å². The number of hydrogen-bond donors (Lipinski definition) is 1. The fourth-order valence-corrected chi connectivity index (χ4v) is 3.08. The smallest absolute Gasteiger partial charge is 0.327 e. The van der Waals surface area contributed by atoms with Gasteiger partial charge in [-0.1, -0.05) is 28.1 Å². The van der Waals surface area contributed by atoms with Gasteiger partial charge in [0, 0.05) is 11.0 Å². The number of hydrogen-bond acceptors (Lipinski definition) is 3. The minimum absolute atomic E-state index is 0.0201. The van der Waals surface area contributed by atoms with Gasteiger partial charge in [0.2, 0.25) is 0 Å². The highest BCUT2D eigenvalue weighted by molar-refractivity contribution is 9.10. The van der Waals surface area contributed by atoms with Gasteiger partial charge in [-0.3, -0.25) is 9.69 Å². The molecule has 0 unspecified atom stereocenters. The number of benzene rings is 1. The molecule has 0 bridgehead atoms. The first-order valence-corrected chi connectivity index (χ1v) is 7.43. The fraction of sp³-hybridized carbons (Fsp3) is 0.429. The number of carbonyl (C=O) groups is 2. The average Bonchev–Trinajstić information content (AvgIpc) is 2.99. The third kappa shape index (κ3) is 2.23. The highest BCUT2D eigenvalue weighted by atomic mass is 79.9. The molecule has 2 fully saturated rings. The molecule has 2 atom stereocenters. The van der Waals surface area contributed by atoms with Crippen LogP contribution in [-0.4, -0.2) is 46.0 Å². The molecule has 3 rings (SSSR count). The molecule has 5 nitrogen and oxygen atoms in total. The van der Waals surface area contributed by atoms with Gasteiger partial charge in [0.1, 0.15) is 6.04 Å². The number of amides is 3. The molecular formula is C14H15BrN2O3. The zero-order valence-corrected chi connectivity index (χ0v) is 12.4. The second-order valence-corrected chi connectivity index (χ2v) is 6.07. The highest BCUT2D eigenvalue weighted by Crippen LogP contribution is 2.29. The van der Waals surface area contributed by atoms with Crippen LogP contribution in [0.2, 0.25) is 0 Å². The number of aliphatic hydroxyl groups is 1. The molecule has 6 heteroatoms. The number of carbonyl (C=O) groups excluding carboxylic acids is 2. The summed E-state index contributed by atoms with van der Waals surface area (Å²) >= 11 is 3.33. The monoisotopic (exact) mass is 338 g/mol. The topological polar surface area (TPSA) is 60.9 Å². The van der Waals surface area contributed by atoms with Crippen molar-refractivity contribution in [3.63, 3.8) is 0 Å². The average molecular weight is 339 g/mol. The first-order chi connectivity index (χ1) is 9.58. The summed E-state index contributed by atoms with van der Waals surface area (Å²) in [7, 11) is 0. The molecule has 0 aliphatic carbocycles. The second kappa shape index (κ2) is 5.18. The van der Waals surface area contributed by atoms with Crippen LogP contribution in [0.1, 0.15) is 24.5 Å². The van der Waals surface area contributed by atoms with E-state index in [2.05, 4.69) is 15.9 Å². The SMILES string of the molecule is O=C1[C@H]2CCCN2C(=O)N1C[C@H](O)c1ccc(Br)cc1. The summed E-state index contributed by atoms with van der Waals surface area (Å²) in [6, 6.07) is 6.63. The second-order valence-electron chi connectivity index (χ2n) is 5.15. The number of nitrogens with zero attached hydrogens (tertiary/aromatic N) is 2. The number of rotatable bonds is 3. The van der Waals surface area contributed by atoms with Gasteiger partial charge in [-0.2, -0.15) is 0 Å². The van der Waals surface area contributed by atoms with Crippen molar-refractivity contribution >= 4 is 27.9 Å². The summed E-state index contributed by atoms with van der Waals surface area (Å²) in [5.74, 6) is -0.177. The van der Waals surface area contributed by atoms with Crippen LogP contribution in [0.15, 0.2) is 28.7 Å². The zero-order chi connectivity index (χ0) is 14.3. The van der Waals surface area contributed by atoms with Gasteiger partial charge in [0.15, 0.2) is 0 Å². The van der Waals surface area contributed by atoms with Crippen LogP contribution in [-0.2, 0) is 4.79 Å². The molecule has 3 amide bonds. The molecule has 1 aromatic carbocycles. The predicted molar refractivity (Wildman–Crippen MR) is 75.9 cm³/mol. The lowest BCUT2D eigenvalue weighted by atomic mass is 10.1. The van der Waals surface area contributed by atoms with Crippen LogP contribution in [0.25, 0.3) is 0 Å². The number of imide groups is 1. The van der Waals surface area contributed by atoms with Crippen LogP contribution in [0.5, 0.6) is 0 Å². The highest BCUT2D eigenvalue weighted by Gasteiger charge is 2.47. The molecule has 2 aliphatic rings. The van der Waals surface area contributed by atoms with Gasteiger partial charge in [-0.05, 0) is 30.5 Å². The standard InChI is InChI=1S/C14H15BrN2O3/c15-10-5-3-9(4-6-10)12(18)8-17-13(19)11-2-1-7-16(11)14(17)20/h3-6,11-12,18H,1-2,7-8H2/t11-,12+/m1/s1. The van der Waals surface area contributed by atoms with Gasteiger partial charge in [-0.25, -0.2) is 4.79 Å². The lowest BCUT2D eigenvalue weighted by Crippen LogP contribution is -2.36. The molecule has 0 radical (unpaired) electrons. The van der Waals surface area contributed by atoms with Crippen molar-refractivity contribution in [2.45, 2.75) is 25.0 Å². The van der Waals surface area contributed by atoms with E-state index < -0.39 is 6.10 Å². The number of fused-ring (bicyclic) bond motifs is 1. The maximum absolute atomic E-state index is 12.2. The summed E-state index contributed by atoms with van der Waals surface area (Å²) in [6.07, 6.45) is 0.761. The zero-order valence-electron chi connectivity index (χ0n) is 10.8. The molecule has 2 aliphatic heterocycles. The fourth-order valence-electron chi connectivity index (χ4n) is 2.81. The Hall–Kier alpha value is -1.40. The molecule has 0 aromatic heterocycles. The molecule has 1 aromatic rings. The summed E-state index contributed by atoms with van der Waals surface area (Å²) in [5.41, 5.74) is 0.695. The first-order valence-electron chi connectivity index (χ1n) is 6.63. The summed E-state index contributed by atoms with van der Waals surface area (Å²) < 4.78 is 0.919. The normalized spacial score (nSPS) is 23.4. The maximum Gasteiger partial charge on any atom is 0.327 e. The molecule has 106 valence electrons. The van der Waals surface area contributed by atoms with Crippen LogP contribution >= 0.6 is 15.9 Å². The molecule has 0 saturated carbocycles. The Kier molecular flexibility index (Phi) is 3.52. The van der Waals surface area contributed by atoms with Crippen molar-refractivity contribution in [3.05, 3.63) is 34.3 Å². The Bertz CT molecular complexity index is 524. The Balaban J connectivity index is 1.73. The van der Waals surface area contributed by atoms with Crippen molar-refractivity contribution in [2.75, 3.05) is 13.1 Å². The third-order valence-electron chi connectivity index (χ3n) is 3.89. The molecule has 20 heavy (non-hydrogen) atoms. The van der Waals surface area contributed by atoms with Crippen LogP contribution in [0.3, 0.4) is 0 Å². The van der Waals surface area contributed by atoms with E-state index in [1.165, 1.54) is 4.90 Å². The number of urea groups is 1. The van der Waals surface area contributed by atoms with Crippen LogP contribution in [0, 0.1) is 0 Å². The minimum Gasteiger partial charge on any atom is -0.387 e. The molecule has 2 saturated heterocycles. The van der Waals surface area contributed by atoms with Gasteiger partial charge in [0.05, 0.1) is 12.6 Å². The van der Waals surface area contributed by atoms with E-state index >= 15 is 0 Å². The van der Waals surface area contributed by atoms with E-state index in [9.17, 15) is 14.7 Å². The Morgan fingerprint density at radius 2 is 2.00 bits per heavy atom. The van der Waals surface area contributed by atoms with Gasteiger partial charge in [-0.15, -0.1) is 0 Å². The van der Waals surface area contributed by atoms with Crippen molar-refractivity contribution in [2.24, 2.45) is 0 Å². The largest absolute Gasteiger partial charge is 0.387 e. The van der Waals surface area contributed by atoms with Gasteiger partial charge < -0.3 is 10.0 Å². The Labute approximate surface area is 125 Å². The first kappa shape index (κ1) is 13.6. The van der Waals surface area contributed by atoms with E-state index in [0.717, 1.165) is 17.3 Å². The summed E-state index contributed by atoms with van der Waals surface area (Å²) in [4.78, 5) is 27.1. The van der Waals surface area contributed by atoms with Crippen LogP contribution in [0.4, 0.5) is 4.79 Å². The maximum atomic E-state index is 12.2.